The van der Waals surface area contributed by atoms with Crippen LogP contribution in [-0.4, -0.2) is 24.7 Å². The van der Waals surface area contributed by atoms with Crippen LogP contribution in [0.3, 0.4) is 0 Å². The van der Waals surface area contributed by atoms with Crippen molar-refractivity contribution in [3.05, 3.63) is 48.5 Å². The minimum Gasteiger partial charge on any atom is -0.322 e. The van der Waals surface area contributed by atoms with Gasteiger partial charge in [0.25, 0.3) is 9.70 Å². The first-order valence-corrected chi connectivity index (χ1v) is 7.37. The van der Waals surface area contributed by atoms with Crippen LogP contribution in [0.5, 0.6) is 0 Å². The lowest BCUT2D eigenvalue weighted by Gasteiger charge is -2.10. The van der Waals surface area contributed by atoms with Crippen molar-refractivity contribution >= 4 is 57.4 Å². The molecule has 0 aliphatic rings. The van der Waals surface area contributed by atoms with E-state index < -0.39 is 9.70 Å². The van der Waals surface area contributed by atoms with E-state index in [0.717, 1.165) is 5.69 Å². The van der Waals surface area contributed by atoms with Crippen LogP contribution < -0.4 is 5.32 Å². The topological polar surface area (TPSA) is 59.8 Å². The molecule has 0 saturated carbocycles. The molecule has 112 valence electrons. The maximum atomic E-state index is 11.6. The lowest BCUT2D eigenvalue weighted by Crippen LogP contribution is -2.26. The van der Waals surface area contributed by atoms with E-state index in [1.165, 1.54) is 4.80 Å². The number of rotatable bonds is 2. The van der Waals surface area contributed by atoms with Crippen LogP contribution >= 0.6 is 34.8 Å². The number of fused-ring (bicyclic) bond motifs is 1. The molecule has 0 saturated heterocycles. The van der Waals surface area contributed by atoms with Gasteiger partial charge in [-0.15, -0.1) is 10.2 Å². The monoisotopic (exact) mass is 354 g/mol. The lowest BCUT2D eigenvalue weighted by molar-refractivity contribution is -0.115. The van der Waals surface area contributed by atoms with Crippen molar-refractivity contribution in [2.45, 2.75) is 3.79 Å². The van der Waals surface area contributed by atoms with Crippen LogP contribution in [0.2, 0.25) is 0 Å². The van der Waals surface area contributed by atoms with E-state index >= 15 is 0 Å². The molecule has 1 N–H and O–H groups in total. The van der Waals surface area contributed by atoms with E-state index in [9.17, 15) is 4.79 Å². The van der Waals surface area contributed by atoms with Crippen LogP contribution in [0.1, 0.15) is 0 Å². The molecule has 1 heterocycles. The number of nitrogens with zero attached hydrogens (tertiary/aromatic N) is 3. The molecule has 0 radical (unpaired) electrons. The van der Waals surface area contributed by atoms with Gasteiger partial charge in [-0.3, -0.25) is 4.79 Å². The lowest BCUT2D eigenvalue weighted by atomic mass is 10.3. The number of halogens is 3. The van der Waals surface area contributed by atoms with Crippen molar-refractivity contribution in [1.82, 2.24) is 15.0 Å². The zero-order valence-corrected chi connectivity index (χ0v) is 13.3. The average Bonchev–Trinajstić information content (AvgIpc) is 2.90. The number of hydrogen-bond donors (Lipinski definition) is 1. The van der Waals surface area contributed by atoms with Gasteiger partial charge in [-0.25, -0.2) is 0 Å². The zero-order chi connectivity index (χ0) is 15.7. The average molecular weight is 356 g/mol. The van der Waals surface area contributed by atoms with Crippen LogP contribution in [-0.2, 0) is 4.79 Å². The number of hydrogen-bond acceptors (Lipinski definition) is 3. The largest absolute Gasteiger partial charge is 0.322 e. The van der Waals surface area contributed by atoms with E-state index in [1.807, 2.05) is 30.3 Å². The van der Waals surface area contributed by atoms with Gasteiger partial charge in [0.1, 0.15) is 11.0 Å². The second-order valence-corrected chi connectivity index (χ2v) is 6.76. The highest BCUT2D eigenvalue weighted by molar-refractivity contribution is 6.76. The SMILES string of the molecule is O=C(Nc1ccc2nn(-c3ccccc3)nc2c1)C(Cl)(Cl)Cl. The molecular formula is C14H9Cl3N4O. The Hall–Kier alpha value is -1.82. The van der Waals surface area contributed by atoms with E-state index in [0.29, 0.717) is 16.7 Å². The molecule has 5 nitrogen and oxygen atoms in total. The molecule has 22 heavy (non-hydrogen) atoms. The molecule has 1 aromatic heterocycles. The molecule has 0 bridgehead atoms. The summed E-state index contributed by atoms with van der Waals surface area (Å²) in [5.74, 6) is -0.729. The number of benzene rings is 2. The summed E-state index contributed by atoms with van der Waals surface area (Å²) < 4.78 is -2.02. The first-order chi connectivity index (χ1) is 10.4. The number of carbonyl (C=O) groups excluding carboxylic acids is 1. The fourth-order valence-electron chi connectivity index (χ4n) is 1.87. The Labute approximate surface area is 140 Å². The minimum atomic E-state index is -2.02. The van der Waals surface area contributed by atoms with E-state index in [1.54, 1.807) is 18.2 Å². The molecule has 0 unspecified atom stereocenters. The number of amides is 1. The number of nitrogens with one attached hydrogen (secondary N) is 1. The summed E-state index contributed by atoms with van der Waals surface area (Å²) in [6.45, 7) is 0. The Balaban J connectivity index is 1.92. The first kappa shape index (κ1) is 15.1. The van der Waals surface area contributed by atoms with Crippen molar-refractivity contribution in [1.29, 1.82) is 0 Å². The predicted molar refractivity (Wildman–Crippen MR) is 87.8 cm³/mol. The highest BCUT2D eigenvalue weighted by Crippen LogP contribution is 2.28. The van der Waals surface area contributed by atoms with Crippen LogP contribution in [0.25, 0.3) is 16.7 Å². The summed E-state index contributed by atoms with van der Waals surface area (Å²) in [5.41, 5.74) is 2.62. The molecule has 3 aromatic rings. The van der Waals surface area contributed by atoms with E-state index in [2.05, 4.69) is 15.5 Å². The van der Waals surface area contributed by atoms with E-state index in [4.69, 9.17) is 34.8 Å². The summed E-state index contributed by atoms with van der Waals surface area (Å²) in [7, 11) is 0. The molecular weight excluding hydrogens is 347 g/mol. The molecule has 0 spiro atoms. The van der Waals surface area contributed by atoms with Crippen molar-refractivity contribution in [2.24, 2.45) is 0 Å². The summed E-state index contributed by atoms with van der Waals surface area (Å²) in [4.78, 5) is 13.2. The smallest absolute Gasteiger partial charge is 0.276 e. The Morgan fingerprint density at radius 3 is 2.36 bits per heavy atom. The highest BCUT2D eigenvalue weighted by atomic mass is 35.6. The van der Waals surface area contributed by atoms with Crippen LogP contribution in [0, 0.1) is 0 Å². The zero-order valence-electron chi connectivity index (χ0n) is 11.0. The predicted octanol–water partition coefficient (Wildman–Crippen LogP) is 3.73. The molecule has 2 aromatic carbocycles. The van der Waals surface area contributed by atoms with Crippen molar-refractivity contribution in [2.75, 3.05) is 5.32 Å². The highest BCUT2D eigenvalue weighted by Gasteiger charge is 2.30. The number of para-hydroxylation sites is 1. The van der Waals surface area contributed by atoms with Crippen molar-refractivity contribution in [3.63, 3.8) is 0 Å². The fraction of sp³-hybridized carbons (Fsp3) is 0.0714. The van der Waals surface area contributed by atoms with Gasteiger partial charge >= 0.3 is 0 Å². The van der Waals surface area contributed by atoms with Gasteiger partial charge in [0.05, 0.1) is 5.69 Å². The second-order valence-electron chi connectivity index (χ2n) is 4.48. The Kier molecular flexibility index (Phi) is 3.95. The molecule has 0 aliphatic carbocycles. The van der Waals surface area contributed by atoms with Gasteiger partial charge in [-0.05, 0) is 30.3 Å². The molecule has 8 heteroatoms. The maximum absolute atomic E-state index is 11.6. The molecule has 0 atom stereocenters. The summed E-state index contributed by atoms with van der Waals surface area (Å²) in [6.07, 6.45) is 0. The third-order valence-corrected chi connectivity index (χ3v) is 3.40. The standard InChI is InChI=1S/C14H9Cl3N4O/c15-14(16,17)13(22)18-9-6-7-11-12(8-9)20-21(19-11)10-4-2-1-3-5-10/h1-8H,(H,18,22). The second kappa shape index (κ2) is 5.76. The maximum Gasteiger partial charge on any atom is 0.276 e. The third-order valence-electron chi connectivity index (χ3n) is 2.88. The van der Waals surface area contributed by atoms with Crippen molar-refractivity contribution in [3.8, 4) is 5.69 Å². The number of alkyl halides is 3. The first-order valence-electron chi connectivity index (χ1n) is 6.24. The summed E-state index contributed by atoms with van der Waals surface area (Å²) >= 11 is 16.6. The minimum absolute atomic E-state index is 0.476. The van der Waals surface area contributed by atoms with Gasteiger partial charge < -0.3 is 5.32 Å². The number of anilines is 1. The molecule has 1 amide bonds. The summed E-state index contributed by atoms with van der Waals surface area (Å²) in [5, 5.41) is 11.2. The van der Waals surface area contributed by atoms with Gasteiger partial charge in [0.2, 0.25) is 0 Å². The van der Waals surface area contributed by atoms with Gasteiger partial charge in [0.15, 0.2) is 0 Å². The summed E-state index contributed by atoms with van der Waals surface area (Å²) in [6, 6.07) is 14.6. The van der Waals surface area contributed by atoms with Gasteiger partial charge in [0, 0.05) is 5.69 Å². The third kappa shape index (κ3) is 3.16. The Morgan fingerprint density at radius 2 is 1.68 bits per heavy atom. The van der Waals surface area contributed by atoms with Crippen LogP contribution in [0.4, 0.5) is 5.69 Å². The van der Waals surface area contributed by atoms with Gasteiger partial charge in [-0.1, -0.05) is 53.0 Å². The number of aromatic nitrogens is 3. The van der Waals surface area contributed by atoms with Crippen LogP contribution in [0.15, 0.2) is 48.5 Å². The van der Waals surface area contributed by atoms with Crippen molar-refractivity contribution < 1.29 is 4.79 Å². The number of carbonyl (C=O) groups is 1. The Bertz CT molecular complexity index is 827. The molecule has 0 aliphatic heterocycles. The molecule has 0 fully saturated rings. The van der Waals surface area contributed by atoms with E-state index in [-0.39, 0.29) is 0 Å². The normalized spacial score (nSPS) is 11.6. The van der Waals surface area contributed by atoms with Gasteiger partial charge in [-0.2, -0.15) is 4.80 Å². The fourth-order valence-corrected chi connectivity index (χ4v) is 2.01. The quantitative estimate of drug-likeness (QED) is 0.713. The molecule has 3 rings (SSSR count). The Morgan fingerprint density at radius 1 is 1.00 bits per heavy atom.